The van der Waals surface area contributed by atoms with Crippen LogP contribution in [-0.2, 0) is 6.54 Å². The summed E-state index contributed by atoms with van der Waals surface area (Å²) in [6.45, 7) is 0.701. The lowest BCUT2D eigenvalue weighted by atomic mass is 10.2. The van der Waals surface area contributed by atoms with Crippen molar-refractivity contribution >= 4 is 17.2 Å². The normalized spacial score (nSPS) is 15.9. The standard InChI is InChI=1S/C17H14N2O4S/c20-16(18-8-11-4-3-7-21-11)12-10-24-17(19-12)15-9-22-13-5-1-2-6-14(13)23-15/h1-7,10,15H,8-9H2,(H,18,20)/t15-/m1/s1. The van der Waals surface area contributed by atoms with Crippen LogP contribution in [0.1, 0.15) is 27.4 Å². The smallest absolute Gasteiger partial charge is 0.271 e. The van der Waals surface area contributed by atoms with Crippen molar-refractivity contribution in [3.8, 4) is 11.5 Å². The highest BCUT2D eigenvalue weighted by atomic mass is 32.1. The van der Waals surface area contributed by atoms with E-state index >= 15 is 0 Å². The van der Waals surface area contributed by atoms with E-state index in [4.69, 9.17) is 13.9 Å². The van der Waals surface area contributed by atoms with Gasteiger partial charge in [0.25, 0.3) is 5.91 Å². The molecule has 1 aliphatic rings. The summed E-state index contributed by atoms with van der Waals surface area (Å²) in [5.41, 5.74) is 0.365. The number of benzene rings is 1. The fraction of sp³-hybridized carbons (Fsp3) is 0.176. The van der Waals surface area contributed by atoms with Crippen molar-refractivity contribution in [2.45, 2.75) is 12.6 Å². The van der Waals surface area contributed by atoms with E-state index in [2.05, 4.69) is 10.3 Å². The summed E-state index contributed by atoms with van der Waals surface area (Å²) in [6.07, 6.45) is 1.26. The topological polar surface area (TPSA) is 73.6 Å². The Hall–Kier alpha value is -2.80. The lowest BCUT2D eigenvalue weighted by Crippen LogP contribution is -2.24. The molecule has 2 aromatic heterocycles. The molecule has 1 amide bonds. The molecule has 0 spiro atoms. The minimum absolute atomic E-state index is 0.244. The third-order valence-corrected chi connectivity index (χ3v) is 4.48. The molecule has 4 rings (SSSR count). The van der Waals surface area contributed by atoms with Gasteiger partial charge in [0.2, 0.25) is 0 Å². The van der Waals surface area contributed by atoms with Gasteiger partial charge in [0.05, 0.1) is 12.8 Å². The van der Waals surface area contributed by atoms with E-state index in [1.54, 1.807) is 23.8 Å². The van der Waals surface area contributed by atoms with Crippen LogP contribution in [0.25, 0.3) is 0 Å². The van der Waals surface area contributed by atoms with Crippen LogP contribution in [-0.4, -0.2) is 17.5 Å². The van der Waals surface area contributed by atoms with Crippen LogP contribution < -0.4 is 14.8 Å². The second-order valence-corrected chi connectivity index (χ2v) is 6.09. The zero-order valence-corrected chi connectivity index (χ0v) is 13.4. The number of ether oxygens (including phenoxy) is 2. The van der Waals surface area contributed by atoms with E-state index in [-0.39, 0.29) is 12.0 Å². The van der Waals surface area contributed by atoms with Crippen molar-refractivity contribution < 1.29 is 18.7 Å². The molecule has 122 valence electrons. The van der Waals surface area contributed by atoms with Crippen LogP contribution in [0.2, 0.25) is 0 Å². The Morgan fingerprint density at radius 1 is 1.25 bits per heavy atom. The van der Waals surface area contributed by atoms with Gasteiger partial charge in [0.15, 0.2) is 17.6 Å². The number of para-hydroxylation sites is 2. The Balaban J connectivity index is 1.42. The Morgan fingerprint density at radius 2 is 2.12 bits per heavy atom. The molecule has 1 aromatic carbocycles. The highest BCUT2D eigenvalue weighted by molar-refractivity contribution is 7.09. The van der Waals surface area contributed by atoms with Gasteiger partial charge in [-0.25, -0.2) is 4.98 Å². The maximum absolute atomic E-state index is 12.2. The van der Waals surface area contributed by atoms with Crippen LogP contribution in [0, 0.1) is 0 Å². The van der Waals surface area contributed by atoms with E-state index in [9.17, 15) is 4.79 Å². The molecule has 0 saturated carbocycles. The van der Waals surface area contributed by atoms with Crippen LogP contribution in [0.4, 0.5) is 0 Å². The molecule has 1 aliphatic heterocycles. The Kier molecular flexibility index (Phi) is 3.92. The largest absolute Gasteiger partial charge is 0.485 e. The molecule has 1 N–H and O–H groups in total. The first kappa shape index (κ1) is 14.8. The molecule has 0 radical (unpaired) electrons. The van der Waals surface area contributed by atoms with Crippen molar-refractivity contribution in [3.63, 3.8) is 0 Å². The number of thiazole rings is 1. The van der Waals surface area contributed by atoms with E-state index in [0.717, 1.165) is 5.75 Å². The number of hydrogen-bond acceptors (Lipinski definition) is 6. The third-order valence-electron chi connectivity index (χ3n) is 3.54. The van der Waals surface area contributed by atoms with E-state index in [1.807, 2.05) is 24.3 Å². The number of aromatic nitrogens is 1. The second kappa shape index (κ2) is 6.37. The third kappa shape index (κ3) is 2.98. The molecule has 0 aliphatic carbocycles. The number of nitrogens with one attached hydrogen (secondary N) is 1. The number of rotatable bonds is 4. The quantitative estimate of drug-likeness (QED) is 0.788. The van der Waals surface area contributed by atoms with Crippen LogP contribution in [0.15, 0.2) is 52.5 Å². The lowest BCUT2D eigenvalue weighted by Gasteiger charge is -2.24. The van der Waals surface area contributed by atoms with Crippen molar-refractivity contribution in [1.82, 2.24) is 10.3 Å². The van der Waals surface area contributed by atoms with Crippen molar-refractivity contribution in [2.75, 3.05) is 6.61 Å². The number of nitrogens with zero attached hydrogens (tertiary/aromatic N) is 1. The molecule has 0 bridgehead atoms. The monoisotopic (exact) mass is 342 g/mol. The highest BCUT2D eigenvalue weighted by Gasteiger charge is 2.25. The first-order valence-corrected chi connectivity index (χ1v) is 8.32. The predicted octanol–water partition coefficient (Wildman–Crippen LogP) is 3.18. The Morgan fingerprint density at radius 3 is 2.96 bits per heavy atom. The first-order chi connectivity index (χ1) is 11.8. The summed E-state index contributed by atoms with van der Waals surface area (Å²) >= 11 is 1.38. The molecule has 3 aromatic rings. The molecule has 24 heavy (non-hydrogen) atoms. The van der Waals surface area contributed by atoms with E-state index in [0.29, 0.717) is 35.4 Å². The van der Waals surface area contributed by atoms with Gasteiger partial charge in [-0.3, -0.25) is 4.79 Å². The Bertz CT molecular complexity index is 844. The zero-order valence-electron chi connectivity index (χ0n) is 12.6. The minimum Gasteiger partial charge on any atom is -0.485 e. The lowest BCUT2D eigenvalue weighted by molar-refractivity contribution is 0.0897. The summed E-state index contributed by atoms with van der Waals surface area (Å²) in [7, 11) is 0. The van der Waals surface area contributed by atoms with E-state index in [1.165, 1.54) is 11.3 Å². The molecule has 3 heterocycles. The van der Waals surface area contributed by atoms with Gasteiger partial charge in [0.1, 0.15) is 23.1 Å². The molecule has 7 heteroatoms. The number of carbonyl (C=O) groups is 1. The number of carbonyl (C=O) groups excluding carboxylic acids is 1. The summed E-state index contributed by atoms with van der Waals surface area (Å²) in [5, 5.41) is 5.21. The van der Waals surface area contributed by atoms with Gasteiger partial charge in [-0.2, -0.15) is 0 Å². The average molecular weight is 342 g/mol. The SMILES string of the molecule is O=C(NCc1ccco1)c1csc([C@H]2COc3ccccc3O2)n1. The van der Waals surface area contributed by atoms with Crippen molar-refractivity contribution in [1.29, 1.82) is 0 Å². The fourth-order valence-corrected chi connectivity index (χ4v) is 3.16. The summed E-state index contributed by atoms with van der Waals surface area (Å²) < 4.78 is 16.8. The predicted molar refractivity (Wildman–Crippen MR) is 87.3 cm³/mol. The van der Waals surface area contributed by atoms with Crippen LogP contribution >= 0.6 is 11.3 Å². The Labute approximate surface area is 142 Å². The maximum Gasteiger partial charge on any atom is 0.271 e. The molecule has 6 nitrogen and oxygen atoms in total. The molecule has 0 fully saturated rings. The van der Waals surface area contributed by atoms with E-state index < -0.39 is 0 Å². The van der Waals surface area contributed by atoms with Crippen LogP contribution in [0.5, 0.6) is 11.5 Å². The van der Waals surface area contributed by atoms with Gasteiger partial charge in [0, 0.05) is 5.38 Å². The zero-order chi connectivity index (χ0) is 16.4. The number of hydrogen-bond donors (Lipinski definition) is 1. The van der Waals surface area contributed by atoms with Gasteiger partial charge in [-0.1, -0.05) is 12.1 Å². The van der Waals surface area contributed by atoms with Gasteiger partial charge in [-0.05, 0) is 24.3 Å². The number of amides is 1. The highest BCUT2D eigenvalue weighted by Crippen LogP contribution is 2.36. The molecular weight excluding hydrogens is 328 g/mol. The fourth-order valence-electron chi connectivity index (χ4n) is 2.35. The number of furan rings is 1. The first-order valence-electron chi connectivity index (χ1n) is 7.44. The molecule has 0 saturated heterocycles. The average Bonchev–Trinajstić information content (AvgIpc) is 3.31. The van der Waals surface area contributed by atoms with Crippen molar-refractivity contribution in [2.24, 2.45) is 0 Å². The number of fused-ring (bicyclic) bond motifs is 1. The molecule has 1 atom stereocenters. The van der Waals surface area contributed by atoms with Gasteiger partial charge in [-0.15, -0.1) is 11.3 Å². The van der Waals surface area contributed by atoms with Gasteiger partial charge >= 0.3 is 0 Å². The van der Waals surface area contributed by atoms with Crippen LogP contribution in [0.3, 0.4) is 0 Å². The summed E-state index contributed by atoms with van der Waals surface area (Å²) in [5.74, 6) is 1.86. The molecule has 0 unspecified atom stereocenters. The maximum atomic E-state index is 12.2. The van der Waals surface area contributed by atoms with Gasteiger partial charge < -0.3 is 19.2 Å². The molecular formula is C17H14N2O4S. The minimum atomic E-state index is -0.309. The van der Waals surface area contributed by atoms with Crippen molar-refractivity contribution in [3.05, 3.63) is 64.5 Å². The summed E-state index contributed by atoms with van der Waals surface area (Å²) in [4.78, 5) is 16.5. The summed E-state index contributed by atoms with van der Waals surface area (Å²) in [6, 6.07) is 11.1. The second-order valence-electron chi connectivity index (χ2n) is 5.20.